The Balaban J connectivity index is 1.37. The zero-order chi connectivity index (χ0) is 24.7. The molecule has 35 heavy (non-hydrogen) atoms. The molecule has 176 valence electrons. The lowest BCUT2D eigenvalue weighted by Gasteiger charge is -2.11. The third-order valence-corrected chi connectivity index (χ3v) is 5.51. The maximum absolute atomic E-state index is 14.1. The summed E-state index contributed by atoms with van der Waals surface area (Å²) in [5.74, 6) is -1.93. The van der Waals surface area contributed by atoms with Crippen LogP contribution in [0.1, 0.15) is 16.7 Å². The van der Waals surface area contributed by atoms with E-state index < -0.39 is 23.4 Å². The van der Waals surface area contributed by atoms with Crippen LogP contribution in [0.25, 0.3) is 34.0 Å². The number of halogens is 5. The Hall–Kier alpha value is -4.21. The third kappa shape index (κ3) is 4.46. The molecule has 0 bridgehead atoms. The average molecular weight is 481 g/mol. The van der Waals surface area contributed by atoms with E-state index in [1.807, 2.05) is 6.07 Å². The molecule has 0 amide bonds. The lowest BCUT2D eigenvalue weighted by atomic mass is 10.0. The van der Waals surface area contributed by atoms with Crippen LogP contribution in [-0.2, 0) is 12.7 Å². The molecular weight excluding hydrogens is 465 g/mol. The number of imidazole rings is 1. The van der Waals surface area contributed by atoms with Crippen LogP contribution in [0.2, 0.25) is 0 Å². The van der Waals surface area contributed by atoms with Crippen LogP contribution in [0.5, 0.6) is 0 Å². The Morgan fingerprint density at radius 3 is 2.37 bits per heavy atom. The summed E-state index contributed by atoms with van der Waals surface area (Å²) in [4.78, 5) is 12.9. The Morgan fingerprint density at radius 1 is 0.857 bits per heavy atom. The standard InChI is InChI=1S/C25H16F5N5/c1-14-9-16(25(28,29)30)6-7-17(14)20-8-5-15(10-31-20)12-35-13-22-21(11-32-35)33-24(34-22)18-3-2-4-19(26)23(18)27/h2-11,13H,12H2,1H3. The quantitative estimate of drug-likeness (QED) is 0.289. The zero-order valence-corrected chi connectivity index (χ0v) is 18.2. The summed E-state index contributed by atoms with van der Waals surface area (Å²) < 4.78 is 68.0. The van der Waals surface area contributed by atoms with Crippen molar-refractivity contribution in [1.29, 1.82) is 0 Å². The van der Waals surface area contributed by atoms with E-state index in [9.17, 15) is 22.0 Å². The number of alkyl halides is 3. The van der Waals surface area contributed by atoms with Crippen LogP contribution in [-0.4, -0.2) is 24.7 Å². The number of hydrogen-bond acceptors (Lipinski definition) is 4. The van der Waals surface area contributed by atoms with Crippen molar-refractivity contribution < 1.29 is 22.0 Å². The van der Waals surface area contributed by atoms with Crippen LogP contribution in [0, 0.1) is 18.6 Å². The van der Waals surface area contributed by atoms with Gasteiger partial charge in [0, 0.05) is 11.8 Å². The van der Waals surface area contributed by atoms with Crippen molar-refractivity contribution in [1.82, 2.24) is 24.7 Å². The van der Waals surface area contributed by atoms with Crippen molar-refractivity contribution in [2.24, 2.45) is 0 Å². The van der Waals surface area contributed by atoms with Gasteiger partial charge in [-0.1, -0.05) is 18.2 Å². The van der Waals surface area contributed by atoms with Gasteiger partial charge in [-0.3, -0.25) is 9.67 Å². The molecule has 0 aliphatic carbocycles. The first kappa shape index (κ1) is 22.6. The van der Waals surface area contributed by atoms with Gasteiger partial charge in [-0.15, -0.1) is 0 Å². The Labute approximate surface area is 196 Å². The van der Waals surface area contributed by atoms with Gasteiger partial charge >= 0.3 is 6.18 Å². The molecule has 1 aromatic heterocycles. The van der Waals surface area contributed by atoms with Crippen molar-refractivity contribution in [2.75, 3.05) is 0 Å². The second-order valence-electron chi connectivity index (χ2n) is 7.97. The highest BCUT2D eigenvalue weighted by Gasteiger charge is 2.30. The van der Waals surface area contributed by atoms with Crippen molar-refractivity contribution in [3.05, 3.63) is 95.4 Å². The molecule has 0 unspecified atom stereocenters. The topological polar surface area (TPSA) is 56.5 Å². The van der Waals surface area contributed by atoms with E-state index in [1.165, 1.54) is 24.4 Å². The summed E-state index contributed by atoms with van der Waals surface area (Å²) in [6, 6.07) is 10.9. The monoisotopic (exact) mass is 481 g/mol. The fourth-order valence-corrected chi connectivity index (χ4v) is 3.74. The molecule has 5 nitrogen and oxygen atoms in total. The molecule has 3 heterocycles. The smallest absolute Gasteiger partial charge is 0.266 e. The fourth-order valence-electron chi connectivity index (χ4n) is 3.74. The molecular formula is C25H16F5N5. The molecule has 0 saturated carbocycles. The van der Waals surface area contributed by atoms with Crippen molar-refractivity contribution >= 4 is 0 Å². The number of hydrogen-bond donors (Lipinski definition) is 0. The second kappa shape index (κ2) is 8.53. The molecule has 2 aromatic carbocycles. The van der Waals surface area contributed by atoms with Crippen molar-refractivity contribution in [2.45, 2.75) is 19.6 Å². The molecule has 5 rings (SSSR count). The Kier molecular flexibility index (Phi) is 5.50. The van der Waals surface area contributed by atoms with Crippen LogP contribution in [0.4, 0.5) is 22.0 Å². The highest BCUT2D eigenvalue weighted by molar-refractivity contribution is 5.66. The maximum Gasteiger partial charge on any atom is 0.416 e. The normalized spacial score (nSPS) is 11.8. The average Bonchev–Trinajstić information content (AvgIpc) is 3.24. The number of pyridine rings is 1. The van der Waals surface area contributed by atoms with Gasteiger partial charge in [0.2, 0.25) is 0 Å². The number of aromatic nitrogens is 5. The first-order valence-electron chi connectivity index (χ1n) is 10.5. The van der Waals surface area contributed by atoms with Crippen molar-refractivity contribution in [3.63, 3.8) is 0 Å². The summed E-state index contributed by atoms with van der Waals surface area (Å²) in [6.07, 6.45) is 0.340. The molecule has 10 heteroatoms. The summed E-state index contributed by atoms with van der Waals surface area (Å²) in [5, 5.41) is 4.29. The fraction of sp³-hybridized carbons (Fsp3) is 0.120. The molecule has 0 spiro atoms. The van der Waals surface area contributed by atoms with E-state index in [0.717, 1.165) is 23.8 Å². The van der Waals surface area contributed by atoms with Gasteiger partial charge in [0.25, 0.3) is 0 Å². The van der Waals surface area contributed by atoms with Crippen LogP contribution in [0.3, 0.4) is 0 Å². The number of fused-ring (bicyclic) bond motifs is 1. The van der Waals surface area contributed by atoms with Gasteiger partial charge < -0.3 is 0 Å². The first-order valence-corrected chi connectivity index (χ1v) is 10.5. The third-order valence-electron chi connectivity index (χ3n) is 5.51. The molecule has 2 aliphatic heterocycles. The lowest BCUT2D eigenvalue weighted by molar-refractivity contribution is -0.137. The van der Waals surface area contributed by atoms with E-state index in [4.69, 9.17) is 0 Å². The number of aryl methyl sites for hydroxylation is 1. The molecule has 0 fully saturated rings. The highest BCUT2D eigenvalue weighted by Crippen LogP contribution is 2.33. The molecule has 0 saturated heterocycles. The highest BCUT2D eigenvalue weighted by atomic mass is 19.4. The summed E-state index contributed by atoms with van der Waals surface area (Å²) >= 11 is 0. The molecule has 0 radical (unpaired) electrons. The summed E-state index contributed by atoms with van der Waals surface area (Å²) in [5.41, 5.74) is 2.60. The minimum Gasteiger partial charge on any atom is -0.266 e. The number of rotatable bonds is 4. The Morgan fingerprint density at radius 2 is 1.66 bits per heavy atom. The minimum absolute atomic E-state index is 0.0360. The van der Waals surface area contributed by atoms with E-state index >= 15 is 0 Å². The largest absolute Gasteiger partial charge is 0.416 e. The number of benzene rings is 2. The first-order chi connectivity index (χ1) is 16.7. The predicted molar refractivity (Wildman–Crippen MR) is 118 cm³/mol. The van der Waals surface area contributed by atoms with Gasteiger partial charge in [0.05, 0.1) is 35.8 Å². The predicted octanol–water partition coefficient (Wildman–Crippen LogP) is 6.16. The van der Waals surface area contributed by atoms with Crippen LogP contribution >= 0.6 is 0 Å². The SMILES string of the molecule is Cc1cc(C(F)(F)F)ccc1-c1ccc(Cn2cc3nc(-c4cccc(F)c4F)nc-3cn2)cn1. The van der Waals surface area contributed by atoms with E-state index in [-0.39, 0.29) is 11.4 Å². The van der Waals surface area contributed by atoms with E-state index in [2.05, 4.69) is 20.1 Å². The van der Waals surface area contributed by atoms with Crippen LogP contribution < -0.4 is 0 Å². The Bertz CT molecular complexity index is 1490. The zero-order valence-electron chi connectivity index (χ0n) is 18.2. The molecule has 2 aliphatic rings. The van der Waals surface area contributed by atoms with E-state index in [0.29, 0.717) is 34.8 Å². The van der Waals surface area contributed by atoms with Gasteiger partial charge in [-0.05, 0) is 48.4 Å². The van der Waals surface area contributed by atoms with Gasteiger partial charge in [0.1, 0.15) is 11.4 Å². The summed E-state index contributed by atoms with van der Waals surface area (Å²) in [7, 11) is 0. The molecule has 0 atom stereocenters. The van der Waals surface area contributed by atoms with Gasteiger partial charge in [-0.2, -0.15) is 18.3 Å². The maximum atomic E-state index is 14.1. The van der Waals surface area contributed by atoms with Gasteiger partial charge in [-0.25, -0.2) is 18.7 Å². The lowest BCUT2D eigenvalue weighted by Crippen LogP contribution is -2.06. The molecule has 3 aromatic rings. The van der Waals surface area contributed by atoms with Crippen molar-refractivity contribution in [3.8, 4) is 34.0 Å². The summed E-state index contributed by atoms with van der Waals surface area (Å²) in [6.45, 7) is 1.95. The second-order valence-corrected chi connectivity index (χ2v) is 7.97. The van der Waals surface area contributed by atoms with E-state index in [1.54, 1.807) is 30.1 Å². The molecule has 0 N–H and O–H groups in total. The van der Waals surface area contributed by atoms with Gasteiger partial charge in [0.15, 0.2) is 17.5 Å². The number of nitrogens with zero attached hydrogens (tertiary/aromatic N) is 5. The van der Waals surface area contributed by atoms with Crippen LogP contribution in [0.15, 0.2) is 67.1 Å². The minimum atomic E-state index is -4.40.